The number of H-pyrrole nitrogens is 1. The van der Waals surface area contributed by atoms with Crippen LogP contribution < -0.4 is 10.5 Å². The molecule has 3 atom stereocenters. The lowest BCUT2D eigenvalue weighted by atomic mass is 9.82. The van der Waals surface area contributed by atoms with Gasteiger partial charge in [0.05, 0.1) is 11.6 Å². The van der Waals surface area contributed by atoms with E-state index < -0.39 is 12.0 Å². The maximum atomic E-state index is 12.9. The van der Waals surface area contributed by atoms with Gasteiger partial charge < -0.3 is 29.0 Å². The van der Waals surface area contributed by atoms with Gasteiger partial charge in [0, 0.05) is 56.2 Å². The minimum absolute atomic E-state index is 0.0623. The Hall–Kier alpha value is -3.96. The lowest BCUT2D eigenvalue weighted by Gasteiger charge is -2.37. The standard InChI is InChI=1S/C32H36ClN5O6/c1-19-18-37(13-10-21(19)23-16-20(33)17-34-31(23)40)27(39)9-5-14-43-15-11-26-35-28-22-6-2-3-8-25(22)44-29(28)30(36-26)38-12-4-7-24(38)32(41)42/h2-3,6,8,16-17,19,21,24H,4-5,7,9-15,18H2,1H3,(H,34,40)(H,41,42)/t19-,21+,24-/m0/s1. The highest BCUT2D eigenvalue weighted by molar-refractivity contribution is 6.30. The van der Waals surface area contributed by atoms with Crippen molar-refractivity contribution in [1.82, 2.24) is 19.9 Å². The Kier molecular flexibility index (Phi) is 8.86. The molecule has 232 valence electrons. The first-order valence-corrected chi connectivity index (χ1v) is 15.6. The number of furan rings is 1. The second kappa shape index (κ2) is 13.0. The van der Waals surface area contributed by atoms with Crippen LogP contribution in [0.2, 0.25) is 5.02 Å². The van der Waals surface area contributed by atoms with Crippen molar-refractivity contribution in [3.05, 3.63) is 63.3 Å². The van der Waals surface area contributed by atoms with Gasteiger partial charge in [0.1, 0.15) is 23.0 Å². The number of fused-ring (bicyclic) bond motifs is 3. The first-order chi connectivity index (χ1) is 21.3. The highest BCUT2D eigenvalue weighted by Crippen LogP contribution is 2.36. The average Bonchev–Trinajstić information content (AvgIpc) is 3.65. The van der Waals surface area contributed by atoms with Crippen molar-refractivity contribution in [3.63, 3.8) is 0 Å². The van der Waals surface area contributed by atoms with Gasteiger partial charge in [-0.1, -0.05) is 30.7 Å². The Bertz CT molecular complexity index is 1740. The van der Waals surface area contributed by atoms with Crippen LogP contribution in [-0.4, -0.2) is 75.7 Å². The van der Waals surface area contributed by atoms with Crippen LogP contribution >= 0.6 is 11.6 Å². The molecule has 1 aromatic carbocycles. The fourth-order valence-corrected chi connectivity index (χ4v) is 6.71. The molecule has 3 aromatic heterocycles. The predicted molar refractivity (Wildman–Crippen MR) is 166 cm³/mol. The van der Waals surface area contributed by atoms with Crippen molar-refractivity contribution in [3.8, 4) is 0 Å². The number of piperidine rings is 1. The number of hydrogen-bond acceptors (Lipinski definition) is 8. The van der Waals surface area contributed by atoms with Gasteiger partial charge in [-0.15, -0.1) is 0 Å². The number of carbonyl (C=O) groups excluding carboxylic acids is 1. The van der Waals surface area contributed by atoms with E-state index in [4.69, 9.17) is 30.7 Å². The molecule has 2 saturated heterocycles. The molecule has 0 saturated carbocycles. The number of likely N-dealkylation sites (tertiary alicyclic amines) is 1. The van der Waals surface area contributed by atoms with Gasteiger partial charge in [0.2, 0.25) is 5.91 Å². The number of carboxylic acids is 1. The van der Waals surface area contributed by atoms with Crippen molar-refractivity contribution in [1.29, 1.82) is 0 Å². The number of rotatable bonds is 10. The number of nitrogens with zero attached hydrogens (tertiary/aromatic N) is 4. The summed E-state index contributed by atoms with van der Waals surface area (Å²) in [6.45, 7) is 4.64. The van der Waals surface area contributed by atoms with Crippen LogP contribution in [0, 0.1) is 5.92 Å². The van der Waals surface area contributed by atoms with Crippen LogP contribution in [0.3, 0.4) is 0 Å². The number of anilines is 1. The molecule has 2 fully saturated rings. The van der Waals surface area contributed by atoms with E-state index in [1.807, 2.05) is 29.2 Å². The van der Waals surface area contributed by atoms with Crippen LogP contribution in [0.15, 0.2) is 45.7 Å². The van der Waals surface area contributed by atoms with Crippen molar-refractivity contribution >= 4 is 51.4 Å². The first kappa shape index (κ1) is 30.1. The highest BCUT2D eigenvalue weighted by Gasteiger charge is 2.34. The molecule has 0 unspecified atom stereocenters. The molecule has 0 spiro atoms. The molecule has 12 heteroatoms. The van der Waals surface area contributed by atoms with Crippen molar-refractivity contribution < 1.29 is 23.8 Å². The second-order valence-electron chi connectivity index (χ2n) is 11.7. The van der Waals surface area contributed by atoms with E-state index in [-0.39, 0.29) is 23.3 Å². The quantitative estimate of drug-likeness (QED) is 0.240. The molecule has 44 heavy (non-hydrogen) atoms. The van der Waals surface area contributed by atoms with Gasteiger partial charge >= 0.3 is 5.97 Å². The number of benzene rings is 1. The highest BCUT2D eigenvalue weighted by atomic mass is 35.5. The number of pyridine rings is 1. The lowest BCUT2D eigenvalue weighted by molar-refractivity contribution is -0.138. The largest absolute Gasteiger partial charge is 0.480 e. The lowest BCUT2D eigenvalue weighted by Crippen LogP contribution is -2.43. The summed E-state index contributed by atoms with van der Waals surface area (Å²) in [4.78, 5) is 53.1. The summed E-state index contributed by atoms with van der Waals surface area (Å²) in [5, 5.41) is 11.1. The number of ether oxygens (including phenoxy) is 1. The smallest absolute Gasteiger partial charge is 0.326 e. The zero-order valence-electron chi connectivity index (χ0n) is 24.6. The molecular formula is C32H36ClN5O6. The van der Waals surface area contributed by atoms with Crippen molar-refractivity contribution in [2.45, 2.75) is 57.4 Å². The average molecular weight is 622 g/mol. The van der Waals surface area contributed by atoms with E-state index in [0.717, 1.165) is 18.2 Å². The maximum absolute atomic E-state index is 12.9. The topological polar surface area (TPSA) is 142 Å². The second-order valence-corrected chi connectivity index (χ2v) is 12.1. The van der Waals surface area contributed by atoms with E-state index in [1.165, 1.54) is 6.20 Å². The van der Waals surface area contributed by atoms with E-state index in [9.17, 15) is 19.5 Å². The molecule has 4 aromatic rings. The summed E-state index contributed by atoms with van der Waals surface area (Å²) in [6, 6.07) is 8.69. The fraction of sp³-hybridized carbons (Fsp3) is 0.469. The molecule has 0 bridgehead atoms. The molecule has 2 aliphatic rings. The molecular weight excluding hydrogens is 586 g/mol. The molecule has 0 aliphatic carbocycles. The van der Waals surface area contributed by atoms with Crippen molar-refractivity contribution in [2.75, 3.05) is 37.7 Å². The fourth-order valence-electron chi connectivity index (χ4n) is 6.54. The Labute approximate surface area is 259 Å². The van der Waals surface area contributed by atoms with Gasteiger partial charge in [-0.25, -0.2) is 14.8 Å². The Morgan fingerprint density at radius 1 is 1.18 bits per heavy atom. The number of aromatic nitrogens is 3. The van der Waals surface area contributed by atoms with Crippen LogP contribution in [-0.2, 0) is 20.7 Å². The number of para-hydroxylation sites is 1. The monoisotopic (exact) mass is 621 g/mol. The number of halogens is 1. The number of aliphatic carboxylic acids is 1. The number of nitrogens with one attached hydrogen (secondary N) is 1. The summed E-state index contributed by atoms with van der Waals surface area (Å²) in [5.74, 6) is 0.482. The predicted octanol–water partition coefficient (Wildman–Crippen LogP) is 4.76. The minimum atomic E-state index is -0.875. The van der Waals surface area contributed by atoms with Gasteiger partial charge in [-0.05, 0) is 55.7 Å². The van der Waals surface area contributed by atoms with Crippen LogP contribution in [0.4, 0.5) is 5.82 Å². The molecule has 2 N–H and O–H groups in total. The van der Waals surface area contributed by atoms with Crippen LogP contribution in [0.1, 0.15) is 56.3 Å². The van der Waals surface area contributed by atoms with Gasteiger partial charge in [0.25, 0.3) is 5.56 Å². The van der Waals surface area contributed by atoms with Gasteiger partial charge in [-0.2, -0.15) is 0 Å². The molecule has 11 nitrogen and oxygen atoms in total. The molecule has 1 amide bonds. The maximum Gasteiger partial charge on any atom is 0.326 e. The number of carboxylic acid groups (broad SMARTS) is 1. The number of amides is 1. The molecule has 5 heterocycles. The van der Waals surface area contributed by atoms with E-state index in [1.54, 1.807) is 11.0 Å². The van der Waals surface area contributed by atoms with Gasteiger partial charge in [0.15, 0.2) is 11.4 Å². The van der Waals surface area contributed by atoms with Crippen LogP contribution in [0.25, 0.3) is 22.1 Å². The summed E-state index contributed by atoms with van der Waals surface area (Å²) in [6.07, 6.45) is 4.94. The zero-order chi connectivity index (χ0) is 30.8. The van der Waals surface area contributed by atoms with E-state index in [0.29, 0.717) is 97.4 Å². The summed E-state index contributed by atoms with van der Waals surface area (Å²) in [7, 11) is 0. The molecule has 0 radical (unpaired) electrons. The third-order valence-electron chi connectivity index (χ3n) is 8.76. The summed E-state index contributed by atoms with van der Waals surface area (Å²) < 4.78 is 12.0. The van der Waals surface area contributed by atoms with Crippen LogP contribution in [0.5, 0.6) is 0 Å². The first-order valence-electron chi connectivity index (χ1n) is 15.2. The number of aromatic amines is 1. The Morgan fingerprint density at radius 2 is 2.02 bits per heavy atom. The minimum Gasteiger partial charge on any atom is -0.480 e. The third kappa shape index (κ3) is 6.16. The molecule has 2 aliphatic heterocycles. The van der Waals surface area contributed by atoms with E-state index in [2.05, 4.69) is 11.9 Å². The zero-order valence-corrected chi connectivity index (χ0v) is 25.4. The third-order valence-corrected chi connectivity index (χ3v) is 8.98. The number of hydrogen-bond donors (Lipinski definition) is 2. The summed E-state index contributed by atoms with van der Waals surface area (Å²) in [5.41, 5.74) is 2.41. The van der Waals surface area contributed by atoms with Gasteiger partial charge in [-0.3, -0.25) is 9.59 Å². The number of carbonyl (C=O) groups is 2. The van der Waals surface area contributed by atoms with E-state index >= 15 is 0 Å². The molecule has 6 rings (SSSR count). The Morgan fingerprint density at radius 3 is 2.84 bits per heavy atom. The van der Waals surface area contributed by atoms with Crippen molar-refractivity contribution in [2.24, 2.45) is 5.92 Å². The normalized spacial score (nSPS) is 20.5. The Balaban J connectivity index is 1.03. The summed E-state index contributed by atoms with van der Waals surface area (Å²) >= 11 is 6.10. The SMILES string of the molecule is C[C@H]1CN(C(=O)CCCOCCc2nc(N3CCC[C@H]3C(=O)O)c3oc4ccccc4c3n2)CC[C@H]1c1cc(Cl)c[nH]c1=O.